The van der Waals surface area contributed by atoms with Crippen molar-refractivity contribution < 1.29 is 4.79 Å². The smallest absolute Gasteiger partial charge is 0.200 e. The Morgan fingerprint density at radius 2 is 1.58 bits per heavy atom. The van der Waals surface area contributed by atoms with Crippen molar-refractivity contribution in [2.24, 2.45) is 0 Å². The number of fused-ring (bicyclic) bond motifs is 1. The Labute approximate surface area is 109 Å². The van der Waals surface area contributed by atoms with E-state index in [1.807, 2.05) is 18.2 Å². The molecule has 19 heavy (non-hydrogen) atoms. The summed E-state index contributed by atoms with van der Waals surface area (Å²) in [6.07, 6.45) is 1.49. The van der Waals surface area contributed by atoms with E-state index >= 15 is 0 Å². The van der Waals surface area contributed by atoms with Crippen molar-refractivity contribution in [1.82, 2.24) is 4.98 Å². The van der Waals surface area contributed by atoms with Gasteiger partial charge in [0.05, 0.1) is 5.56 Å². The highest BCUT2D eigenvalue weighted by atomic mass is 16.1. The van der Waals surface area contributed by atoms with Crippen molar-refractivity contribution in [3.8, 4) is 0 Å². The first-order valence-corrected chi connectivity index (χ1v) is 5.97. The second-order valence-electron chi connectivity index (χ2n) is 4.27. The van der Waals surface area contributed by atoms with Gasteiger partial charge >= 0.3 is 0 Å². The topological polar surface area (TPSA) is 49.9 Å². The number of hydrogen-bond acceptors (Lipinski definition) is 2. The van der Waals surface area contributed by atoms with E-state index in [1.54, 1.807) is 36.4 Å². The van der Waals surface area contributed by atoms with Gasteiger partial charge in [0.15, 0.2) is 5.78 Å². The highest BCUT2D eigenvalue weighted by molar-refractivity contribution is 6.09. The number of hydrogen-bond donors (Lipinski definition) is 1. The van der Waals surface area contributed by atoms with E-state index in [9.17, 15) is 9.59 Å². The molecule has 3 rings (SSSR count). The average molecular weight is 249 g/mol. The molecule has 0 bridgehead atoms. The molecule has 0 saturated heterocycles. The first-order valence-electron chi connectivity index (χ1n) is 5.97. The lowest BCUT2D eigenvalue weighted by atomic mass is 10.0. The molecule has 1 heterocycles. The van der Waals surface area contributed by atoms with Gasteiger partial charge in [-0.2, -0.15) is 0 Å². The predicted molar refractivity (Wildman–Crippen MR) is 74.4 cm³/mol. The quantitative estimate of drug-likeness (QED) is 0.710. The molecule has 0 fully saturated rings. The summed E-state index contributed by atoms with van der Waals surface area (Å²) in [5, 5.41) is 0.532. The second-order valence-corrected chi connectivity index (χ2v) is 4.27. The largest absolute Gasteiger partial charge is 0.360 e. The average Bonchev–Trinajstić information content (AvgIpc) is 2.48. The standard InChI is InChI=1S/C16H11NO2/c18-15(11-6-2-1-3-7-11)13-10-17-14-9-5-4-8-12(14)16(13)19/h1-10H,(H,17,19). The van der Waals surface area contributed by atoms with Crippen molar-refractivity contribution in [2.45, 2.75) is 0 Å². The maximum Gasteiger partial charge on any atom is 0.200 e. The number of H-pyrrole nitrogens is 1. The van der Waals surface area contributed by atoms with Crippen LogP contribution in [0, 0.1) is 0 Å². The van der Waals surface area contributed by atoms with Gasteiger partial charge in [-0.15, -0.1) is 0 Å². The molecule has 0 atom stereocenters. The molecule has 0 spiro atoms. The van der Waals surface area contributed by atoms with Gasteiger partial charge in [-0.25, -0.2) is 0 Å². The van der Waals surface area contributed by atoms with Crippen molar-refractivity contribution in [3.63, 3.8) is 0 Å². The van der Waals surface area contributed by atoms with Crippen molar-refractivity contribution in [1.29, 1.82) is 0 Å². The molecule has 0 aliphatic heterocycles. The van der Waals surface area contributed by atoms with Gasteiger partial charge in [0.2, 0.25) is 5.43 Å². The Hall–Kier alpha value is -2.68. The van der Waals surface area contributed by atoms with Gasteiger partial charge in [0.1, 0.15) is 0 Å². The van der Waals surface area contributed by atoms with Crippen LogP contribution in [0.2, 0.25) is 0 Å². The lowest BCUT2D eigenvalue weighted by Crippen LogP contribution is -2.16. The Morgan fingerprint density at radius 1 is 0.895 bits per heavy atom. The monoisotopic (exact) mass is 249 g/mol. The minimum Gasteiger partial charge on any atom is -0.360 e. The summed E-state index contributed by atoms with van der Waals surface area (Å²) in [7, 11) is 0. The Morgan fingerprint density at radius 3 is 2.37 bits per heavy atom. The van der Waals surface area contributed by atoms with Crippen LogP contribution in [-0.2, 0) is 0 Å². The summed E-state index contributed by atoms with van der Waals surface area (Å²) < 4.78 is 0. The van der Waals surface area contributed by atoms with Crippen LogP contribution in [0.5, 0.6) is 0 Å². The lowest BCUT2D eigenvalue weighted by molar-refractivity contribution is 0.103. The van der Waals surface area contributed by atoms with Crippen LogP contribution in [-0.4, -0.2) is 10.8 Å². The molecule has 0 aliphatic rings. The fourth-order valence-electron chi connectivity index (χ4n) is 2.08. The molecule has 3 nitrogen and oxygen atoms in total. The van der Waals surface area contributed by atoms with E-state index in [1.165, 1.54) is 6.20 Å². The number of benzene rings is 2. The predicted octanol–water partition coefficient (Wildman–Crippen LogP) is 2.76. The Kier molecular flexibility index (Phi) is 2.72. The van der Waals surface area contributed by atoms with Gasteiger partial charge < -0.3 is 4.98 Å². The third-order valence-electron chi connectivity index (χ3n) is 3.07. The number of aromatic nitrogens is 1. The van der Waals surface area contributed by atoms with Gasteiger partial charge in [-0.1, -0.05) is 42.5 Å². The van der Waals surface area contributed by atoms with Crippen LogP contribution in [0.4, 0.5) is 0 Å². The highest BCUT2D eigenvalue weighted by Gasteiger charge is 2.14. The second kappa shape index (κ2) is 4.53. The maximum absolute atomic E-state index is 12.3. The zero-order valence-corrected chi connectivity index (χ0v) is 10.1. The van der Waals surface area contributed by atoms with Gasteiger partial charge in [-0.3, -0.25) is 9.59 Å². The third kappa shape index (κ3) is 1.95. The van der Waals surface area contributed by atoms with Crippen molar-refractivity contribution in [2.75, 3.05) is 0 Å². The Bertz CT molecular complexity index is 804. The highest BCUT2D eigenvalue weighted by Crippen LogP contribution is 2.10. The molecule has 0 aliphatic carbocycles. The van der Waals surface area contributed by atoms with Crippen LogP contribution in [0.25, 0.3) is 10.9 Å². The van der Waals surface area contributed by atoms with E-state index in [-0.39, 0.29) is 16.8 Å². The zero-order chi connectivity index (χ0) is 13.2. The number of rotatable bonds is 2. The summed E-state index contributed by atoms with van der Waals surface area (Å²) >= 11 is 0. The minimum atomic E-state index is -0.257. The summed E-state index contributed by atoms with van der Waals surface area (Å²) in [5.74, 6) is -0.257. The molecule has 3 heteroatoms. The maximum atomic E-state index is 12.3. The van der Waals surface area contributed by atoms with Gasteiger partial charge in [-0.05, 0) is 12.1 Å². The Balaban J connectivity index is 2.19. The van der Waals surface area contributed by atoms with Crippen LogP contribution in [0.15, 0.2) is 65.6 Å². The fraction of sp³-hybridized carbons (Fsp3) is 0. The number of aromatic amines is 1. The van der Waals surface area contributed by atoms with E-state index in [0.717, 1.165) is 5.52 Å². The van der Waals surface area contributed by atoms with Gasteiger partial charge in [0, 0.05) is 22.7 Å². The van der Waals surface area contributed by atoms with E-state index < -0.39 is 0 Å². The minimum absolute atomic E-state index is 0.171. The first kappa shape index (κ1) is 11.4. The summed E-state index contributed by atoms with van der Waals surface area (Å²) in [5.41, 5.74) is 1.19. The SMILES string of the molecule is O=C(c1ccccc1)c1c[nH]c2ccccc2c1=O. The van der Waals surface area contributed by atoms with E-state index in [4.69, 9.17) is 0 Å². The number of ketones is 1. The summed E-state index contributed by atoms with van der Waals surface area (Å²) in [4.78, 5) is 27.6. The number of pyridine rings is 1. The molecule has 0 unspecified atom stereocenters. The molecule has 1 N–H and O–H groups in total. The number of carbonyl (C=O) groups is 1. The van der Waals surface area contributed by atoms with Crippen LogP contribution in [0.1, 0.15) is 15.9 Å². The molecule has 0 amide bonds. The molecular formula is C16H11NO2. The molecule has 2 aromatic carbocycles. The third-order valence-corrected chi connectivity index (χ3v) is 3.07. The van der Waals surface area contributed by atoms with E-state index in [0.29, 0.717) is 10.9 Å². The fourth-order valence-corrected chi connectivity index (χ4v) is 2.08. The molecule has 0 saturated carbocycles. The first-order chi connectivity index (χ1) is 9.27. The van der Waals surface area contributed by atoms with Crippen LogP contribution < -0.4 is 5.43 Å². The molecular weight excluding hydrogens is 238 g/mol. The van der Waals surface area contributed by atoms with Crippen LogP contribution >= 0.6 is 0 Å². The van der Waals surface area contributed by atoms with Gasteiger partial charge in [0.25, 0.3) is 0 Å². The normalized spacial score (nSPS) is 10.5. The number of nitrogens with one attached hydrogen (secondary N) is 1. The molecule has 1 aromatic heterocycles. The molecule has 3 aromatic rings. The molecule has 92 valence electrons. The lowest BCUT2D eigenvalue weighted by Gasteiger charge is -2.02. The number of carbonyl (C=O) groups excluding carboxylic acids is 1. The summed E-state index contributed by atoms with van der Waals surface area (Å²) in [6.45, 7) is 0. The van der Waals surface area contributed by atoms with Crippen molar-refractivity contribution >= 4 is 16.7 Å². The molecule has 0 radical (unpaired) electrons. The van der Waals surface area contributed by atoms with E-state index in [2.05, 4.69) is 4.98 Å². The van der Waals surface area contributed by atoms with Crippen LogP contribution in [0.3, 0.4) is 0 Å². The number of para-hydroxylation sites is 1. The zero-order valence-electron chi connectivity index (χ0n) is 10.1. The summed E-state index contributed by atoms with van der Waals surface area (Å²) in [6, 6.07) is 16.0. The van der Waals surface area contributed by atoms with Crippen molar-refractivity contribution in [3.05, 3.63) is 82.1 Å².